The van der Waals surface area contributed by atoms with E-state index in [0.717, 1.165) is 35.1 Å². The molecule has 1 fully saturated rings. The van der Waals surface area contributed by atoms with Crippen LogP contribution in [0.5, 0.6) is 5.75 Å². The maximum Gasteiger partial charge on any atom is 0.337 e. The molecule has 0 radical (unpaired) electrons. The molecule has 1 aromatic heterocycles. The lowest BCUT2D eigenvalue weighted by Gasteiger charge is -2.15. The molecule has 6 heteroatoms. The Balaban J connectivity index is 1.64. The molecule has 0 aliphatic heterocycles. The van der Waals surface area contributed by atoms with Crippen LogP contribution in [0.3, 0.4) is 0 Å². The summed E-state index contributed by atoms with van der Waals surface area (Å²) in [6, 6.07) is 12.5. The van der Waals surface area contributed by atoms with E-state index >= 15 is 0 Å². The Kier molecular flexibility index (Phi) is 4.11. The van der Waals surface area contributed by atoms with Crippen molar-refractivity contribution >= 4 is 28.5 Å². The second-order valence-corrected chi connectivity index (χ2v) is 6.72. The fourth-order valence-electron chi connectivity index (χ4n) is 3.46. The smallest absolute Gasteiger partial charge is 0.337 e. The number of rotatable bonds is 5. The van der Waals surface area contributed by atoms with Gasteiger partial charge in [0.15, 0.2) is 0 Å². The maximum absolute atomic E-state index is 13.1. The van der Waals surface area contributed by atoms with E-state index < -0.39 is 11.4 Å². The van der Waals surface area contributed by atoms with Crippen molar-refractivity contribution in [1.29, 1.82) is 0 Å². The molecule has 1 heterocycles. The van der Waals surface area contributed by atoms with E-state index in [1.54, 1.807) is 31.4 Å². The number of esters is 1. The van der Waals surface area contributed by atoms with Gasteiger partial charge in [-0.1, -0.05) is 6.07 Å². The van der Waals surface area contributed by atoms with E-state index in [1.807, 2.05) is 24.4 Å². The summed E-state index contributed by atoms with van der Waals surface area (Å²) in [5, 5.41) is 3.94. The first kappa shape index (κ1) is 17.1. The van der Waals surface area contributed by atoms with E-state index in [9.17, 15) is 9.59 Å². The number of aromatic nitrogens is 1. The average molecular weight is 364 g/mol. The minimum atomic E-state index is -0.564. The number of carbonyl (C=O) groups excluding carboxylic acids is 2. The summed E-state index contributed by atoms with van der Waals surface area (Å²) >= 11 is 0. The first-order chi connectivity index (χ1) is 13.1. The van der Waals surface area contributed by atoms with E-state index in [2.05, 4.69) is 10.3 Å². The van der Waals surface area contributed by atoms with Crippen molar-refractivity contribution in [3.63, 3.8) is 0 Å². The number of amides is 1. The van der Waals surface area contributed by atoms with Crippen LogP contribution in [0.15, 0.2) is 48.7 Å². The number of carbonyl (C=O) groups is 2. The third-order valence-corrected chi connectivity index (χ3v) is 5.13. The van der Waals surface area contributed by atoms with Crippen LogP contribution in [0.4, 0.5) is 5.69 Å². The monoisotopic (exact) mass is 364 g/mol. The van der Waals surface area contributed by atoms with Crippen LogP contribution < -0.4 is 10.1 Å². The SMILES string of the molecule is COC(=O)c1cccc(NC(=O)C2(c3c[nH]c4ccc(OC)cc34)CC2)c1. The molecule has 27 heavy (non-hydrogen) atoms. The van der Waals surface area contributed by atoms with E-state index in [4.69, 9.17) is 9.47 Å². The first-order valence-corrected chi connectivity index (χ1v) is 8.73. The third-order valence-electron chi connectivity index (χ3n) is 5.13. The van der Waals surface area contributed by atoms with Crippen molar-refractivity contribution in [2.75, 3.05) is 19.5 Å². The largest absolute Gasteiger partial charge is 0.497 e. The van der Waals surface area contributed by atoms with Crippen molar-refractivity contribution in [2.45, 2.75) is 18.3 Å². The predicted molar refractivity (Wildman–Crippen MR) is 102 cm³/mol. The Bertz CT molecular complexity index is 1030. The Morgan fingerprint density at radius 3 is 2.63 bits per heavy atom. The minimum Gasteiger partial charge on any atom is -0.497 e. The number of ether oxygens (including phenoxy) is 2. The fourth-order valence-corrected chi connectivity index (χ4v) is 3.46. The van der Waals surface area contributed by atoms with Crippen LogP contribution in [-0.4, -0.2) is 31.1 Å². The second kappa shape index (κ2) is 6.46. The number of aromatic amines is 1. The van der Waals surface area contributed by atoms with E-state index in [-0.39, 0.29) is 5.91 Å². The van der Waals surface area contributed by atoms with Gasteiger partial charge in [-0.3, -0.25) is 4.79 Å². The van der Waals surface area contributed by atoms with Gasteiger partial charge in [-0.2, -0.15) is 0 Å². The highest BCUT2D eigenvalue weighted by Gasteiger charge is 2.52. The van der Waals surface area contributed by atoms with Gasteiger partial charge in [0.05, 0.1) is 25.2 Å². The van der Waals surface area contributed by atoms with E-state index in [1.165, 1.54) is 7.11 Å². The highest BCUT2D eigenvalue weighted by Crippen LogP contribution is 2.51. The summed E-state index contributed by atoms with van der Waals surface area (Å²) < 4.78 is 10.1. The Morgan fingerprint density at radius 2 is 1.93 bits per heavy atom. The van der Waals surface area contributed by atoms with Crippen molar-refractivity contribution in [2.24, 2.45) is 0 Å². The zero-order chi connectivity index (χ0) is 19.0. The molecule has 2 N–H and O–H groups in total. The first-order valence-electron chi connectivity index (χ1n) is 8.73. The van der Waals surface area contributed by atoms with Gasteiger partial charge in [0.1, 0.15) is 5.75 Å². The molecule has 2 aromatic carbocycles. The second-order valence-electron chi connectivity index (χ2n) is 6.72. The molecule has 1 saturated carbocycles. The highest BCUT2D eigenvalue weighted by molar-refractivity contribution is 6.05. The number of H-pyrrole nitrogens is 1. The number of hydrogen-bond donors (Lipinski definition) is 2. The van der Waals surface area contributed by atoms with Gasteiger partial charge >= 0.3 is 5.97 Å². The zero-order valence-corrected chi connectivity index (χ0v) is 15.2. The number of anilines is 1. The van der Waals surface area contributed by atoms with Gasteiger partial charge in [0, 0.05) is 22.8 Å². The molecule has 0 spiro atoms. The summed E-state index contributed by atoms with van der Waals surface area (Å²) in [6.45, 7) is 0. The van der Waals surface area contributed by atoms with Gasteiger partial charge < -0.3 is 19.8 Å². The van der Waals surface area contributed by atoms with Crippen molar-refractivity contribution in [3.05, 3.63) is 59.8 Å². The molecule has 6 nitrogen and oxygen atoms in total. The van der Waals surface area contributed by atoms with Crippen molar-refractivity contribution in [3.8, 4) is 5.75 Å². The Morgan fingerprint density at radius 1 is 1.11 bits per heavy atom. The molecule has 4 rings (SSSR count). The summed E-state index contributed by atoms with van der Waals surface area (Å²) in [6.07, 6.45) is 3.46. The molecule has 138 valence electrons. The van der Waals surface area contributed by atoms with Crippen LogP contribution in [0.2, 0.25) is 0 Å². The maximum atomic E-state index is 13.1. The number of hydrogen-bond acceptors (Lipinski definition) is 4. The lowest BCUT2D eigenvalue weighted by molar-refractivity contribution is -0.118. The molecular formula is C21H20N2O4. The van der Waals surface area contributed by atoms with Gasteiger partial charge in [-0.05, 0) is 54.8 Å². The van der Waals surface area contributed by atoms with Gasteiger partial charge in [0.2, 0.25) is 5.91 Å². The molecule has 0 saturated heterocycles. The summed E-state index contributed by atoms with van der Waals surface area (Å²) in [5.41, 5.74) is 2.35. The normalized spacial score (nSPS) is 14.6. The molecule has 0 atom stereocenters. The molecular weight excluding hydrogens is 344 g/mol. The number of fused-ring (bicyclic) bond motifs is 1. The standard InChI is InChI=1S/C21H20N2O4/c1-26-15-6-7-18-16(11-15)17(12-22-18)21(8-9-21)20(25)23-14-5-3-4-13(10-14)19(24)27-2/h3-7,10-12,22H,8-9H2,1-2H3,(H,23,25). The summed E-state index contributed by atoms with van der Waals surface area (Å²) in [7, 11) is 2.96. The van der Waals surface area contributed by atoms with Crippen LogP contribution in [-0.2, 0) is 14.9 Å². The molecule has 1 aliphatic rings. The lowest BCUT2D eigenvalue weighted by atomic mass is 9.94. The van der Waals surface area contributed by atoms with Crippen LogP contribution in [0, 0.1) is 0 Å². The molecule has 0 bridgehead atoms. The summed E-state index contributed by atoms with van der Waals surface area (Å²) in [5.74, 6) is 0.245. The Hall–Kier alpha value is -3.28. The molecule has 3 aromatic rings. The van der Waals surface area contributed by atoms with Gasteiger partial charge in [0.25, 0.3) is 0 Å². The predicted octanol–water partition coefficient (Wildman–Crippen LogP) is 3.63. The zero-order valence-electron chi connectivity index (χ0n) is 15.2. The van der Waals surface area contributed by atoms with Crippen molar-refractivity contribution < 1.29 is 19.1 Å². The minimum absolute atomic E-state index is 0.0757. The number of methoxy groups -OCH3 is 2. The van der Waals surface area contributed by atoms with Crippen molar-refractivity contribution in [1.82, 2.24) is 4.98 Å². The molecule has 0 unspecified atom stereocenters. The molecule has 1 aliphatic carbocycles. The number of nitrogens with one attached hydrogen (secondary N) is 2. The fraction of sp³-hybridized carbons (Fsp3) is 0.238. The highest BCUT2D eigenvalue weighted by atomic mass is 16.5. The lowest BCUT2D eigenvalue weighted by Crippen LogP contribution is -2.27. The van der Waals surface area contributed by atoms with Crippen LogP contribution >= 0.6 is 0 Å². The molecule has 1 amide bonds. The van der Waals surface area contributed by atoms with E-state index in [0.29, 0.717) is 11.3 Å². The van der Waals surface area contributed by atoms with Crippen LogP contribution in [0.25, 0.3) is 10.9 Å². The van der Waals surface area contributed by atoms with Gasteiger partial charge in [-0.25, -0.2) is 4.79 Å². The summed E-state index contributed by atoms with van der Waals surface area (Å²) in [4.78, 5) is 28.0. The Labute approximate surface area is 156 Å². The topological polar surface area (TPSA) is 80.4 Å². The van der Waals surface area contributed by atoms with Gasteiger partial charge in [-0.15, -0.1) is 0 Å². The van der Waals surface area contributed by atoms with Crippen LogP contribution in [0.1, 0.15) is 28.8 Å². The quantitative estimate of drug-likeness (QED) is 0.678. The third kappa shape index (κ3) is 2.93. The average Bonchev–Trinajstić information content (AvgIpc) is 3.40. The number of benzene rings is 2.